The van der Waals surface area contributed by atoms with Crippen molar-refractivity contribution in [3.63, 3.8) is 0 Å². The summed E-state index contributed by atoms with van der Waals surface area (Å²) in [5.41, 5.74) is 5.81. The number of alkyl halides is 3. The van der Waals surface area contributed by atoms with Crippen LogP contribution in [0.4, 0.5) is 13.2 Å². The van der Waals surface area contributed by atoms with Gasteiger partial charge in [-0.3, -0.25) is 4.79 Å². The molecular weight excluding hydrogens is 425 g/mol. The number of aliphatic imine (C=N–C) groups is 1. The lowest BCUT2D eigenvalue weighted by atomic mass is 9.83. The SMILES string of the molecule is CCC(=O)C(N=C(C)N)(c1ccccc1)c1ccc(-c2cccc(OC(F)(F)F)c2)s1. The van der Waals surface area contributed by atoms with Gasteiger partial charge in [0, 0.05) is 16.2 Å². The van der Waals surface area contributed by atoms with Crippen molar-refractivity contribution in [1.29, 1.82) is 0 Å². The zero-order chi connectivity index (χ0) is 22.6. The molecule has 0 saturated heterocycles. The predicted octanol–water partition coefficient (Wildman–Crippen LogP) is 5.91. The molecule has 4 nitrogen and oxygen atoms in total. The molecule has 0 spiro atoms. The smallest absolute Gasteiger partial charge is 0.406 e. The average molecular weight is 446 g/mol. The first-order valence-corrected chi connectivity index (χ1v) is 10.3. The van der Waals surface area contributed by atoms with Crippen LogP contribution in [0.1, 0.15) is 30.7 Å². The van der Waals surface area contributed by atoms with E-state index in [4.69, 9.17) is 5.73 Å². The highest BCUT2D eigenvalue weighted by atomic mass is 32.1. The summed E-state index contributed by atoms with van der Waals surface area (Å²) in [5, 5.41) is 0. The van der Waals surface area contributed by atoms with Crippen LogP contribution in [0, 0.1) is 0 Å². The lowest BCUT2D eigenvalue weighted by Crippen LogP contribution is -2.36. The van der Waals surface area contributed by atoms with Gasteiger partial charge in [-0.15, -0.1) is 24.5 Å². The Morgan fingerprint density at radius 1 is 1.06 bits per heavy atom. The molecule has 1 heterocycles. The summed E-state index contributed by atoms with van der Waals surface area (Å²) in [5.74, 6) is -0.193. The Bertz CT molecular complexity index is 1090. The zero-order valence-corrected chi connectivity index (χ0v) is 17.8. The van der Waals surface area contributed by atoms with Gasteiger partial charge in [-0.1, -0.05) is 49.4 Å². The molecule has 0 aliphatic carbocycles. The van der Waals surface area contributed by atoms with Crippen molar-refractivity contribution in [2.24, 2.45) is 10.7 Å². The first-order chi connectivity index (χ1) is 14.7. The fraction of sp³-hybridized carbons (Fsp3) is 0.217. The summed E-state index contributed by atoms with van der Waals surface area (Å²) in [6.45, 7) is 3.38. The second kappa shape index (κ2) is 8.93. The van der Waals surface area contributed by atoms with E-state index < -0.39 is 11.9 Å². The highest BCUT2D eigenvalue weighted by Gasteiger charge is 2.42. The van der Waals surface area contributed by atoms with Crippen molar-refractivity contribution in [3.8, 4) is 16.2 Å². The van der Waals surface area contributed by atoms with Crippen LogP contribution in [-0.4, -0.2) is 18.0 Å². The van der Waals surface area contributed by atoms with Crippen molar-refractivity contribution >= 4 is 23.0 Å². The molecule has 0 saturated carbocycles. The van der Waals surface area contributed by atoms with Gasteiger partial charge in [-0.25, -0.2) is 4.99 Å². The van der Waals surface area contributed by atoms with Crippen molar-refractivity contribution in [2.45, 2.75) is 32.2 Å². The minimum Gasteiger partial charge on any atom is -0.406 e. The number of thiophene rings is 1. The number of ketones is 1. The Kier molecular flexibility index (Phi) is 6.50. The van der Waals surface area contributed by atoms with Crippen molar-refractivity contribution < 1.29 is 22.7 Å². The second-order valence-corrected chi connectivity index (χ2v) is 7.93. The number of ether oxygens (including phenoxy) is 1. The van der Waals surface area contributed by atoms with Crippen LogP contribution in [0.2, 0.25) is 0 Å². The topological polar surface area (TPSA) is 64.7 Å². The third kappa shape index (κ3) is 4.96. The fourth-order valence-electron chi connectivity index (χ4n) is 3.36. The summed E-state index contributed by atoms with van der Waals surface area (Å²) in [6, 6.07) is 18.4. The number of rotatable bonds is 7. The van der Waals surface area contributed by atoms with E-state index in [1.54, 1.807) is 32.0 Å². The molecule has 3 aromatic rings. The number of nitrogens with two attached hydrogens (primary N) is 1. The number of halogens is 3. The van der Waals surface area contributed by atoms with Crippen LogP contribution < -0.4 is 10.5 Å². The third-order valence-electron chi connectivity index (χ3n) is 4.57. The van der Waals surface area contributed by atoms with Gasteiger partial charge in [0.05, 0.1) is 5.84 Å². The van der Waals surface area contributed by atoms with Gasteiger partial charge in [0.1, 0.15) is 5.75 Å². The maximum absolute atomic E-state index is 13.2. The quantitative estimate of drug-likeness (QED) is 0.362. The third-order valence-corrected chi connectivity index (χ3v) is 5.82. The van der Waals surface area contributed by atoms with Crippen LogP contribution in [0.5, 0.6) is 5.75 Å². The maximum Gasteiger partial charge on any atom is 0.573 e. The summed E-state index contributed by atoms with van der Waals surface area (Å²) >= 11 is 1.28. The molecule has 8 heteroatoms. The number of carbonyl (C=O) groups excluding carboxylic acids is 1. The normalized spacial score (nSPS) is 14.2. The molecule has 2 N–H and O–H groups in total. The minimum absolute atomic E-state index is 0.133. The van der Waals surface area contributed by atoms with Crippen LogP contribution in [0.3, 0.4) is 0 Å². The number of amidine groups is 1. The number of hydrogen-bond acceptors (Lipinski definition) is 4. The predicted molar refractivity (Wildman–Crippen MR) is 116 cm³/mol. The number of benzene rings is 2. The molecule has 0 radical (unpaired) electrons. The van der Waals surface area contributed by atoms with E-state index in [-0.39, 0.29) is 23.8 Å². The molecule has 2 aromatic carbocycles. The molecule has 0 aliphatic rings. The Morgan fingerprint density at radius 3 is 2.39 bits per heavy atom. The van der Waals surface area contributed by atoms with Crippen molar-refractivity contribution in [1.82, 2.24) is 0 Å². The van der Waals surface area contributed by atoms with Gasteiger partial charge in [0.2, 0.25) is 0 Å². The number of Topliss-reactive ketones (excluding diaryl/α,β-unsaturated/α-hetero) is 1. The molecule has 0 bridgehead atoms. The van der Waals surface area contributed by atoms with E-state index >= 15 is 0 Å². The maximum atomic E-state index is 13.2. The number of hydrogen-bond donors (Lipinski definition) is 1. The van der Waals surface area contributed by atoms with E-state index in [9.17, 15) is 18.0 Å². The molecule has 3 rings (SSSR count). The first kappa shape index (κ1) is 22.6. The summed E-state index contributed by atoms with van der Waals surface area (Å²) in [7, 11) is 0. The summed E-state index contributed by atoms with van der Waals surface area (Å²) in [4.78, 5) is 19.1. The van der Waals surface area contributed by atoms with Crippen molar-refractivity contribution in [2.75, 3.05) is 0 Å². The lowest BCUT2D eigenvalue weighted by molar-refractivity contribution is -0.274. The molecule has 1 atom stereocenters. The Morgan fingerprint density at radius 2 is 1.77 bits per heavy atom. The molecule has 1 unspecified atom stereocenters. The summed E-state index contributed by atoms with van der Waals surface area (Å²) < 4.78 is 41.8. The fourth-order valence-corrected chi connectivity index (χ4v) is 4.54. The average Bonchev–Trinajstić information content (AvgIpc) is 3.21. The van der Waals surface area contributed by atoms with Crippen LogP contribution in [0.15, 0.2) is 71.7 Å². The van der Waals surface area contributed by atoms with Crippen molar-refractivity contribution in [3.05, 3.63) is 77.2 Å². The summed E-state index contributed by atoms with van der Waals surface area (Å²) in [6.07, 6.45) is -4.55. The molecule has 0 aliphatic heterocycles. The monoisotopic (exact) mass is 446 g/mol. The molecule has 1 aromatic heterocycles. The molecule has 162 valence electrons. The standard InChI is InChI=1S/C23H21F3N2O2S/c1-3-20(29)22(28-15(2)27,17-9-5-4-6-10-17)21-13-12-19(31-21)16-8-7-11-18(14-16)30-23(24,25)26/h4-14H,3H2,1-2H3,(H2,27,28). The Hall–Kier alpha value is -3.13. The molecule has 0 amide bonds. The van der Waals surface area contributed by atoms with Crippen LogP contribution in [-0.2, 0) is 10.3 Å². The lowest BCUT2D eigenvalue weighted by Gasteiger charge is -2.28. The van der Waals surface area contributed by atoms with Gasteiger partial charge in [-0.2, -0.15) is 0 Å². The highest BCUT2D eigenvalue weighted by Crippen LogP contribution is 2.43. The molecular formula is C23H21F3N2O2S. The first-order valence-electron chi connectivity index (χ1n) is 9.53. The van der Waals surface area contributed by atoms with Crippen LogP contribution in [0.25, 0.3) is 10.4 Å². The Labute approximate surface area is 182 Å². The Balaban J connectivity index is 2.13. The van der Waals surface area contributed by atoms with E-state index in [0.29, 0.717) is 20.9 Å². The van der Waals surface area contributed by atoms with E-state index in [1.165, 1.54) is 29.5 Å². The van der Waals surface area contributed by atoms with E-state index in [0.717, 1.165) is 0 Å². The largest absolute Gasteiger partial charge is 0.573 e. The van der Waals surface area contributed by atoms with Gasteiger partial charge in [0.25, 0.3) is 0 Å². The number of nitrogens with zero attached hydrogens (tertiary/aromatic N) is 1. The number of carbonyl (C=O) groups is 1. The second-order valence-electron chi connectivity index (χ2n) is 6.85. The zero-order valence-electron chi connectivity index (χ0n) is 16.9. The van der Waals surface area contributed by atoms with E-state index in [2.05, 4.69) is 9.73 Å². The van der Waals surface area contributed by atoms with Gasteiger partial charge < -0.3 is 10.5 Å². The highest BCUT2D eigenvalue weighted by molar-refractivity contribution is 7.15. The van der Waals surface area contributed by atoms with E-state index in [1.807, 2.05) is 30.3 Å². The van der Waals surface area contributed by atoms with Gasteiger partial charge in [0.15, 0.2) is 11.3 Å². The molecule has 0 fully saturated rings. The molecule has 31 heavy (non-hydrogen) atoms. The van der Waals surface area contributed by atoms with Gasteiger partial charge >= 0.3 is 6.36 Å². The minimum atomic E-state index is -4.78. The van der Waals surface area contributed by atoms with Gasteiger partial charge in [-0.05, 0) is 42.3 Å². The van der Waals surface area contributed by atoms with Crippen LogP contribution >= 0.6 is 11.3 Å².